The van der Waals surface area contributed by atoms with Crippen molar-refractivity contribution >= 4 is 6.09 Å². The molecule has 1 aromatic carbocycles. The average Bonchev–Trinajstić information content (AvgIpc) is 2.87. The second-order valence-corrected chi connectivity index (χ2v) is 8.35. The highest BCUT2D eigenvalue weighted by Gasteiger charge is 2.49. The lowest BCUT2D eigenvalue weighted by Crippen LogP contribution is -2.56. The molecular weight excluding hydrogens is 344 g/mol. The fourth-order valence-electron chi connectivity index (χ4n) is 3.32. The van der Waals surface area contributed by atoms with E-state index in [9.17, 15) is 10.0 Å². The number of nitrogens with zero attached hydrogens (tertiary/aromatic N) is 2. The van der Waals surface area contributed by atoms with Crippen LogP contribution in [0, 0.1) is 0 Å². The maximum atomic E-state index is 12.9. The molecule has 0 bridgehead atoms. The normalized spacial score (nSPS) is 20.6. The summed E-state index contributed by atoms with van der Waals surface area (Å²) in [5.41, 5.74) is -0.451. The lowest BCUT2D eigenvalue weighted by Gasteiger charge is -2.39. The van der Waals surface area contributed by atoms with Crippen LogP contribution in [0.3, 0.4) is 0 Å². The molecule has 0 saturated carbocycles. The van der Waals surface area contributed by atoms with Gasteiger partial charge in [-0.05, 0) is 46.6 Å². The van der Waals surface area contributed by atoms with Crippen molar-refractivity contribution in [3.63, 3.8) is 0 Å². The van der Waals surface area contributed by atoms with Gasteiger partial charge in [-0.3, -0.25) is 4.90 Å². The number of carbonyl (C=O) groups excluding carboxylic acids is 1. The maximum absolute atomic E-state index is 12.9. The highest BCUT2D eigenvalue weighted by Crippen LogP contribution is 2.33. The van der Waals surface area contributed by atoms with Crippen LogP contribution in [0.1, 0.15) is 46.6 Å². The number of amides is 1. The van der Waals surface area contributed by atoms with Crippen molar-refractivity contribution in [1.82, 2.24) is 9.96 Å². The summed E-state index contributed by atoms with van der Waals surface area (Å²) in [6.45, 7) is 13.6. The molecule has 2 atom stereocenters. The zero-order valence-corrected chi connectivity index (χ0v) is 17.0. The Morgan fingerprint density at radius 1 is 1.44 bits per heavy atom. The summed E-state index contributed by atoms with van der Waals surface area (Å²) in [6, 6.07) is 8.98. The molecule has 0 radical (unpaired) electrons. The van der Waals surface area contributed by atoms with Gasteiger partial charge in [0.2, 0.25) is 0 Å². The van der Waals surface area contributed by atoms with Gasteiger partial charge in [0, 0.05) is 6.54 Å². The number of hydroxylamine groups is 2. The van der Waals surface area contributed by atoms with Crippen LogP contribution in [0.4, 0.5) is 4.79 Å². The summed E-state index contributed by atoms with van der Waals surface area (Å²) in [6.07, 6.45) is 1.81. The predicted octanol–water partition coefficient (Wildman–Crippen LogP) is 4.19. The largest absolute Gasteiger partial charge is 0.444 e. The molecule has 1 fully saturated rings. The highest BCUT2D eigenvalue weighted by molar-refractivity contribution is 5.70. The smallest absolute Gasteiger partial charge is 0.412 e. The number of ether oxygens (including phenoxy) is 2. The van der Waals surface area contributed by atoms with Gasteiger partial charge < -0.3 is 14.7 Å². The molecule has 1 saturated heterocycles. The molecule has 2 rings (SSSR count). The van der Waals surface area contributed by atoms with Crippen LogP contribution in [-0.2, 0) is 16.0 Å². The minimum absolute atomic E-state index is 0.316. The van der Waals surface area contributed by atoms with Gasteiger partial charge in [-0.15, -0.1) is 6.58 Å². The van der Waals surface area contributed by atoms with Crippen molar-refractivity contribution in [3.8, 4) is 0 Å². The molecule has 1 aliphatic heterocycles. The topological polar surface area (TPSA) is 62.2 Å². The standard InChI is InChI=1S/C21H32N2O4/c1-7-11-17(22(25)14-16-12-9-8-10-13-16)18-15-26-21(5,6)23(18)19(24)27-20(2,3)4/h7-10,12-13,17-18,25H,1,11,14-15H2,2-6H3/t17-,18-/m0/s1. The Kier molecular flexibility index (Phi) is 6.68. The molecule has 1 aromatic rings. The van der Waals surface area contributed by atoms with Crippen LogP contribution in [0.25, 0.3) is 0 Å². The van der Waals surface area contributed by atoms with Crippen LogP contribution >= 0.6 is 0 Å². The van der Waals surface area contributed by atoms with Gasteiger partial charge in [0.15, 0.2) is 0 Å². The quantitative estimate of drug-likeness (QED) is 0.596. The van der Waals surface area contributed by atoms with Gasteiger partial charge in [0.05, 0.1) is 18.7 Å². The summed E-state index contributed by atoms with van der Waals surface area (Å²) in [4.78, 5) is 14.5. The van der Waals surface area contributed by atoms with Crippen molar-refractivity contribution in [1.29, 1.82) is 0 Å². The molecular formula is C21H32N2O4. The fraction of sp³-hybridized carbons (Fsp3) is 0.571. The second kappa shape index (κ2) is 8.42. The molecule has 1 N–H and O–H groups in total. The Hall–Kier alpha value is -1.89. The Morgan fingerprint density at radius 3 is 2.63 bits per heavy atom. The van der Waals surface area contributed by atoms with Crippen LogP contribution in [0.15, 0.2) is 43.0 Å². The predicted molar refractivity (Wildman–Crippen MR) is 104 cm³/mol. The number of hydrogen-bond acceptors (Lipinski definition) is 5. The third-order valence-corrected chi connectivity index (χ3v) is 4.53. The number of rotatable bonds is 6. The van der Waals surface area contributed by atoms with Gasteiger partial charge >= 0.3 is 6.09 Å². The molecule has 27 heavy (non-hydrogen) atoms. The van der Waals surface area contributed by atoms with Crippen molar-refractivity contribution in [2.45, 2.75) is 71.0 Å². The minimum Gasteiger partial charge on any atom is -0.444 e. The van der Waals surface area contributed by atoms with Crippen molar-refractivity contribution in [2.24, 2.45) is 0 Å². The minimum atomic E-state index is -0.819. The molecule has 6 heteroatoms. The van der Waals surface area contributed by atoms with E-state index in [1.807, 2.05) is 65.0 Å². The molecule has 0 spiro atoms. The zero-order chi connectivity index (χ0) is 20.2. The van der Waals surface area contributed by atoms with Gasteiger partial charge in [-0.2, -0.15) is 5.06 Å². The summed E-state index contributed by atoms with van der Waals surface area (Å²) < 4.78 is 11.5. The summed E-state index contributed by atoms with van der Waals surface area (Å²) in [5, 5.41) is 12.1. The molecule has 1 heterocycles. The lowest BCUT2D eigenvalue weighted by atomic mass is 10.0. The maximum Gasteiger partial charge on any atom is 0.412 e. The van der Waals surface area contributed by atoms with E-state index in [-0.39, 0.29) is 12.1 Å². The number of carbonyl (C=O) groups is 1. The van der Waals surface area contributed by atoms with Crippen LogP contribution in [-0.4, -0.2) is 51.3 Å². The first kappa shape index (κ1) is 21.4. The Bertz CT molecular complexity index is 639. The first-order valence-corrected chi connectivity index (χ1v) is 9.32. The van der Waals surface area contributed by atoms with Crippen molar-refractivity contribution < 1.29 is 19.5 Å². The fourth-order valence-corrected chi connectivity index (χ4v) is 3.32. The first-order valence-electron chi connectivity index (χ1n) is 9.32. The first-order chi connectivity index (χ1) is 12.5. The van der Waals surface area contributed by atoms with E-state index in [0.29, 0.717) is 19.6 Å². The third kappa shape index (κ3) is 5.54. The van der Waals surface area contributed by atoms with Crippen LogP contribution in [0.2, 0.25) is 0 Å². The summed E-state index contributed by atoms with van der Waals surface area (Å²) in [5.74, 6) is 0. The Balaban J connectivity index is 2.25. The molecule has 6 nitrogen and oxygen atoms in total. The Labute approximate surface area is 162 Å². The number of hydrogen-bond donors (Lipinski definition) is 1. The molecule has 1 aliphatic rings. The van der Waals surface area contributed by atoms with E-state index in [0.717, 1.165) is 5.56 Å². The van der Waals surface area contributed by atoms with Gasteiger partial charge in [0.25, 0.3) is 0 Å². The summed E-state index contributed by atoms with van der Waals surface area (Å²) in [7, 11) is 0. The molecule has 150 valence electrons. The third-order valence-electron chi connectivity index (χ3n) is 4.53. The average molecular weight is 376 g/mol. The molecule has 0 unspecified atom stereocenters. The van der Waals surface area contributed by atoms with Gasteiger partial charge in [-0.25, -0.2) is 4.79 Å². The van der Waals surface area contributed by atoms with Crippen molar-refractivity contribution in [3.05, 3.63) is 48.6 Å². The second-order valence-electron chi connectivity index (χ2n) is 8.35. The summed E-state index contributed by atoms with van der Waals surface area (Å²) >= 11 is 0. The SMILES string of the molecule is C=CC[C@@H]([C@@H]1COC(C)(C)N1C(=O)OC(C)(C)C)N(O)Cc1ccccc1. The lowest BCUT2D eigenvalue weighted by molar-refractivity contribution is -0.151. The van der Waals surface area contributed by atoms with E-state index >= 15 is 0 Å². The van der Waals surface area contributed by atoms with Crippen LogP contribution in [0.5, 0.6) is 0 Å². The number of benzene rings is 1. The molecule has 0 aromatic heterocycles. The highest BCUT2D eigenvalue weighted by atomic mass is 16.6. The molecule has 0 aliphatic carbocycles. The van der Waals surface area contributed by atoms with E-state index < -0.39 is 17.4 Å². The van der Waals surface area contributed by atoms with E-state index in [1.54, 1.807) is 11.0 Å². The van der Waals surface area contributed by atoms with E-state index in [2.05, 4.69) is 6.58 Å². The van der Waals surface area contributed by atoms with E-state index in [1.165, 1.54) is 5.06 Å². The zero-order valence-electron chi connectivity index (χ0n) is 17.0. The van der Waals surface area contributed by atoms with Gasteiger partial charge in [-0.1, -0.05) is 36.4 Å². The molecule has 1 amide bonds. The van der Waals surface area contributed by atoms with Crippen LogP contribution < -0.4 is 0 Å². The van der Waals surface area contributed by atoms with E-state index in [4.69, 9.17) is 9.47 Å². The van der Waals surface area contributed by atoms with Crippen molar-refractivity contribution in [2.75, 3.05) is 6.61 Å². The van der Waals surface area contributed by atoms with Gasteiger partial charge in [0.1, 0.15) is 11.3 Å². The monoisotopic (exact) mass is 376 g/mol. The Morgan fingerprint density at radius 2 is 2.07 bits per heavy atom.